The molecule has 6 heteroatoms. The van der Waals surface area contributed by atoms with E-state index < -0.39 is 12.3 Å². The Morgan fingerprint density at radius 3 is 1.93 bits per heavy atom. The third-order valence-corrected chi connectivity index (χ3v) is 4.99. The lowest BCUT2D eigenvalue weighted by molar-refractivity contribution is 0.0968. The van der Waals surface area contributed by atoms with Crippen molar-refractivity contribution in [1.82, 2.24) is 0 Å². The van der Waals surface area contributed by atoms with Crippen LogP contribution in [0.3, 0.4) is 0 Å². The van der Waals surface area contributed by atoms with Crippen molar-refractivity contribution in [2.75, 3.05) is 13.2 Å². The maximum atomic E-state index is 12.2. The molecule has 0 aromatic heterocycles. The summed E-state index contributed by atoms with van der Waals surface area (Å²) in [5.74, 6) is 1.42. The van der Waals surface area contributed by atoms with Crippen LogP contribution in [0.15, 0.2) is 24.3 Å². The summed E-state index contributed by atoms with van der Waals surface area (Å²) in [7, 11) is 0. The normalized spacial score (nSPS) is 15.5. The van der Waals surface area contributed by atoms with Crippen LogP contribution >= 0.6 is 0 Å². The molecule has 156 valence electrons. The van der Waals surface area contributed by atoms with Crippen LogP contribution in [0.2, 0.25) is 0 Å². The predicted octanol–water partition coefficient (Wildman–Crippen LogP) is 5.82. The lowest BCUT2D eigenvalue weighted by Gasteiger charge is -2.27. The van der Waals surface area contributed by atoms with Crippen molar-refractivity contribution in [3.8, 4) is 11.5 Å². The molecule has 1 aliphatic rings. The Kier molecular flexibility index (Phi) is 6.96. The Morgan fingerprint density at radius 2 is 1.41 bits per heavy atom. The Balaban J connectivity index is 2.09. The van der Waals surface area contributed by atoms with Gasteiger partial charge in [0.05, 0.1) is 13.2 Å². The van der Waals surface area contributed by atoms with Crippen molar-refractivity contribution in [2.45, 2.75) is 52.9 Å². The fraction of sp³-hybridized carbons (Fsp3) is 0.478. The molecule has 1 unspecified atom stereocenters. The van der Waals surface area contributed by atoms with Gasteiger partial charge in [0, 0.05) is 21.9 Å². The number of ether oxygens (including phenoxy) is 4. The van der Waals surface area contributed by atoms with Crippen molar-refractivity contribution in [3.05, 3.63) is 35.4 Å². The van der Waals surface area contributed by atoms with Gasteiger partial charge in [-0.3, -0.25) is 0 Å². The second-order valence-corrected chi connectivity index (χ2v) is 7.41. The van der Waals surface area contributed by atoms with Crippen LogP contribution in [0, 0.1) is 5.92 Å². The monoisotopic (exact) mass is 400 g/mol. The third kappa shape index (κ3) is 4.81. The smallest absolute Gasteiger partial charge is 0.434 e. The number of hydrogen-bond acceptors (Lipinski definition) is 6. The van der Waals surface area contributed by atoms with Crippen LogP contribution in [0.25, 0.3) is 10.8 Å². The van der Waals surface area contributed by atoms with Crippen molar-refractivity contribution >= 4 is 23.1 Å². The molecule has 1 atom stereocenters. The van der Waals surface area contributed by atoms with E-state index in [-0.39, 0.29) is 0 Å². The first-order valence-electron chi connectivity index (χ1n) is 10.3. The molecular formula is C23H28O6. The molecule has 1 aliphatic carbocycles. The minimum Gasteiger partial charge on any atom is -0.434 e. The molecule has 0 bridgehead atoms. The van der Waals surface area contributed by atoms with Gasteiger partial charge in [0.2, 0.25) is 0 Å². The lowest BCUT2D eigenvalue weighted by atomic mass is 9.82. The summed E-state index contributed by atoms with van der Waals surface area (Å²) < 4.78 is 21.6. The van der Waals surface area contributed by atoms with Gasteiger partial charge in [-0.2, -0.15) is 0 Å². The first-order valence-corrected chi connectivity index (χ1v) is 10.3. The van der Waals surface area contributed by atoms with Crippen LogP contribution in [0.1, 0.15) is 51.2 Å². The highest BCUT2D eigenvalue weighted by molar-refractivity contribution is 5.98. The van der Waals surface area contributed by atoms with Crippen LogP contribution in [0.4, 0.5) is 9.59 Å². The van der Waals surface area contributed by atoms with Crippen LogP contribution in [-0.4, -0.2) is 25.5 Å². The largest absolute Gasteiger partial charge is 0.513 e. The summed E-state index contributed by atoms with van der Waals surface area (Å²) in [6.07, 6.45) is 2.44. The van der Waals surface area contributed by atoms with Gasteiger partial charge in [-0.05, 0) is 38.0 Å². The highest BCUT2D eigenvalue weighted by Gasteiger charge is 2.29. The third-order valence-electron chi connectivity index (χ3n) is 4.99. The molecule has 0 radical (unpaired) electrons. The van der Waals surface area contributed by atoms with Crippen LogP contribution < -0.4 is 9.47 Å². The molecule has 0 saturated heterocycles. The lowest BCUT2D eigenvalue weighted by Crippen LogP contribution is -2.20. The van der Waals surface area contributed by atoms with Crippen molar-refractivity contribution in [3.63, 3.8) is 0 Å². The van der Waals surface area contributed by atoms with Gasteiger partial charge in [-0.1, -0.05) is 45.0 Å². The zero-order chi connectivity index (χ0) is 20.8. The van der Waals surface area contributed by atoms with Gasteiger partial charge in [0.1, 0.15) is 11.5 Å². The van der Waals surface area contributed by atoms with Gasteiger partial charge in [-0.15, -0.1) is 0 Å². The Morgan fingerprint density at radius 1 is 0.897 bits per heavy atom. The fourth-order valence-corrected chi connectivity index (χ4v) is 3.63. The minimum absolute atomic E-state index is 0.305. The van der Waals surface area contributed by atoms with E-state index in [9.17, 15) is 9.59 Å². The molecule has 6 nitrogen and oxygen atoms in total. The predicted molar refractivity (Wildman–Crippen MR) is 110 cm³/mol. The van der Waals surface area contributed by atoms with E-state index in [2.05, 4.69) is 6.92 Å². The van der Waals surface area contributed by atoms with Crippen molar-refractivity contribution in [2.24, 2.45) is 5.92 Å². The van der Waals surface area contributed by atoms with Gasteiger partial charge in [0.25, 0.3) is 0 Å². The summed E-state index contributed by atoms with van der Waals surface area (Å²) in [6, 6.07) is 7.45. The minimum atomic E-state index is -0.714. The van der Waals surface area contributed by atoms with Gasteiger partial charge in [-0.25, -0.2) is 9.59 Å². The average molecular weight is 400 g/mol. The molecule has 0 heterocycles. The van der Waals surface area contributed by atoms with E-state index in [1.165, 1.54) is 0 Å². The molecule has 0 aliphatic heterocycles. The quantitative estimate of drug-likeness (QED) is 0.450. The maximum Gasteiger partial charge on any atom is 0.513 e. The van der Waals surface area contributed by atoms with E-state index in [0.717, 1.165) is 43.2 Å². The van der Waals surface area contributed by atoms with E-state index in [4.69, 9.17) is 18.9 Å². The number of carbonyl (C=O) groups is 2. The summed E-state index contributed by atoms with van der Waals surface area (Å²) in [5, 5.41) is 1.43. The SMILES string of the molecule is CCCOC(=O)Oc1c2c(c(OC(=O)OCCC)c3ccccc13)CC(C)CC2. The molecule has 0 spiro atoms. The summed E-state index contributed by atoms with van der Waals surface area (Å²) in [6.45, 7) is 6.62. The molecule has 0 amide bonds. The molecule has 2 aromatic rings. The van der Waals surface area contributed by atoms with Crippen molar-refractivity contribution in [1.29, 1.82) is 0 Å². The molecule has 0 fully saturated rings. The average Bonchev–Trinajstić information content (AvgIpc) is 2.72. The summed E-state index contributed by atoms with van der Waals surface area (Å²) in [4.78, 5) is 24.4. The molecule has 3 rings (SSSR count). The number of rotatable bonds is 6. The second kappa shape index (κ2) is 9.63. The summed E-state index contributed by atoms with van der Waals surface area (Å²) >= 11 is 0. The van der Waals surface area contributed by atoms with E-state index >= 15 is 0 Å². The highest BCUT2D eigenvalue weighted by Crippen LogP contribution is 2.45. The molecule has 29 heavy (non-hydrogen) atoms. The first kappa shape index (κ1) is 21.0. The van der Waals surface area contributed by atoms with E-state index in [0.29, 0.717) is 41.4 Å². The topological polar surface area (TPSA) is 71.1 Å². The van der Waals surface area contributed by atoms with Gasteiger partial charge >= 0.3 is 12.3 Å². The Labute approximate surface area is 171 Å². The molecule has 0 N–H and O–H groups in total. The second-order valence-electron chi connectivity index (χ2n) is 7.41. The molecular weight excluding hydrogens is 372 g/mol. The number of carbonyl (C=O) groups excluding carboxylic acids is 2. The number of benzene rings is 2. The molecule has 0 saturated carbocycles. The maximum absolute atomic E-state index is 12.2. The molecule has 2 aromatic carbocycles. The van der Waals surface area contributed by atoms with Gasteiger partial charge < -0.3 is 18.9 Å². The zero-order valence-corrected chi connectivity index (χ0v) is 17.3. The first-order chi connectivity index (χ1) is 14.0. The van der Waals surface area contributed by atoms with Crippen molar-refractivity contribution < 1.29 is 28.5 Å². The van der Waals surface area contributed by atoms with Gasteiger partial charge in [0.15, 0.2) is 0 Å². The highest BCUT2D eigenvalue weighted by atomic mass is 16.7. The van der Waals surface area contributed by atoms with E-state index in [1.807, 2.05) is 38.1 Å². The number of fused-ring (bicyclic) bond motifs is 2. The zero-order valence-electron chi connectivity index (χ0n) is 17.3. The summed E-state index contributed by atoms with van der Waals surface area (Å²) in [5.41, 5.74) is 1.79. The van der Waals surface area contributed by atoms with Crippen LogP contribution in [0.5, 0.6) is 11.5 Å². The Hall–Kier alpha value is -2.76. The standard InChI is InChI=1S/C23H28O6/c1-4-12-26-22(24)28-20-16-8-6-7-9-17(16)21(29-23(25)27-13-5-2)19-14-15(3)10-11-18(19)20/h6-9,15H,4-5,10-14H2,1-3H3. The fourth-order valence-electron chi connectivity index (χ4n) is 3.63. The Bertz CT molecular complexity index is 889. The van der Waals surface area contributed by atoms with E-state index in [1.54, 1.807) is 0 Å². The number of hydrogen-bond donors (Lipinski definition) is 0. The van der Waals surface area contributed by atoms with Crippen LogP contribution in [-0.2, 0) is 22.3 Å².